The van der Waals surface area contributed by atoms with E-state index >= 15 is 0 Å². The van der Waals surface area contributed by atoms with Crippen LogP contribution >= 0.6 is 11.7 Å². The average molecular weight is 307 g/mol. The Morgan fingerprint density at radius 2 is 2.24 bits per heavy atom. The third-order valence-electron chi connectivity index (χ3n) is 3.45. The fourth-order valence-electron chi connectivity index (χ4n) is 2.41. The summed E-state index contributed by atoms with van der Waals surface area (Å²) in [7, 11) is 0. The molecule has 0 bridgehead atoms. The Morgan fingerprint density at radius 3 is 2.86 bits per heavy atom. The average Bonchev–Trinajstić information content (AvgIpc) is 3.19. The van der Waals surface area contributed by atoms with Gasteiger partial charge in [-0.05, 0) is 30.5 Å². The van der Waals surface area contributed by atoms with Crippen molar-refractivity contribution >= 4 is 17.6 Å². The van der Waals surface area contributed by atoms with E-state index in [0.717, 1.165) is 30.1 Å². The van der Waals surface area contributed by atoms with Crippen LogP contribution in [0.2, 0.25) is 0 Å². The normalized spacial score (nSPS) is 19.4. The molecule has 0 spiro atoms. The van der Waals surface area contributed by atoms with Crippen LogP contribution in [0.5, 0.6) is 0 Å². The third-order valence-corrected chi connectivity index (χ3v) is 3.92. The minimum Gasteiger partial charge on any atom is -0.376 e. The standard InChI is InChI=1S/C14H14FN3O2S/c15-10-5-3-9(4-6-10)13(12-2-1-7-20-12)17-14(19)11-8-16-21-18-11/h3-6,8,12-13H,1-2,7H2,(H,17,19). The zero-order valence-electron chi connectivity index (χ0n) is 11.2. The zero-order valence-corrected chi connectivity index (χ0v) is 12.0. The van der Waals surface area contributed by atoms with E-state index in [0.29, 0.717) is 6.61 Å². The van der Waals surface area contributed by atoms with Gasteiger partial charge in [0.15, 0.2) is 5.69 Å². The van der Waals surface area contributed by atoms with Crippen LogP contribution in [0.1, 0.15) is 34.9 Å². The van der Waals surface area contributed by atoms with Gasteiger partial charge in [0.05, 0.1) is 30.1 Å². The number of carbonyl (C=O) groups is 1. The van der Waals surface area contributed by atoms with Crippen molar-refractivity contribution in [2.75, 3.05) is 6.61 Å². The highest BCUT2D eigenvalue weighted by molar-refractivity contribution is 6.99. The first-order chi connectivity index (χ1) is 10.2. The van der Waals surface area contributed by atoms with Crippen LogP contribution in [-0.4, -0.2) is 27.4 Å². The first-order valence-electron chi connectivity index (χ1n) is 6.69. The number of amides is 1. The van der Waals surface area contributed by atoms with E-state index in [4.69, 9.17) is 4.74 Å². The Kier molecular flexibility index (Phi) is 4.21. The summed E-state index contributed by atoms with van der Waals surface area (Å²) in [5.41, 5.74) is 1.10. The quantitative estimate of drug-likeness (QED) is 0.941. The van der Waals surface area contributed by atoms with E-state index in [9.17, 15) is 9.18 Å². The summed E-state index contributed by atoms with van der Waals surface area (Å²) < 4.78 is 26.5. The molecular weight excluding hydrogens is 293 g/mol. The van der Waals surface area contributed by atoms with Gasteiger partial charge < -0.3 is 10.1 Å². The highest BCUT2D eigenvalue weighted by Crippen LogP contribution is 2.27. The molecule has 2 aromatic rings. The number of nitrogens with zero attached hydrogens (tertiary/aromatic N) is 2. The Balaban J connectivity index is 1.82. The van der Waals surface area contributed by atoms with Crippen molar-refractivity contribution in [2.24, 2.45) is 0 Å². The van der Waals surface area contributed by atoms with Gasteiger partial charge in [-0.1, -0.05) is 12.1 Å². The molecule has 2 unspecified atom stereocenters. The highest BCUT2D eigenvalue weighted by Gasteiger charge is 2.29. The Morgan fingerprint density at radius 1 is 1.43 bits per heavy atom. The Bertz CT molecular complexity index is 597. The molecule has 5 nitrogen and oxygen atoms in total. The number of benzene rings is 1. The first kappa shape index (κ1) is 14.1. The van der Waals surface area contributed by atoms with Gasteiger partial charge in [0, 0.05) is 6.61 Å². The molecular formula is C14H14FN3O2S. The largest absolute Gasteiger partial charge is 0.376 e. The molecule has 0 radical (unpaired) electrons. The maximum absolute atomic E-state index is 13.1. The van der Waals surface area contributed by atoms with Gasteiger partial charge in [0.25, 0.3) is 5.91 Å². The van der Waals surface area contributed by atoms with E-state index in [1.807, 2.05) is 0 Å². The fourth-order valence-corrected chi connectivity index (χ4v) is 2.82. The van der Waals surface area contributed by atoms with Crippen LogP contribution in [0.4, 0.5) is 4.39 Å². The van der Waals surface area contributed by atoms with Crippen LogP contribution in [0.3, 0.4) is 0 Å². The second-order valence-corrected chi connectivity index (χ2v) is 5.40. The number of nitrogens with one attached hydrogen (secondary N) is 1. The number of ether oxygens (including phenoxy) is 1. The lowest BCUT2D eigenvalue weighted by atomic mass is 9.99. The van der Waals surface area contributed by atoms with E-state index in [1.165, 1.54) is 18.3 Å². The lowest BCUT2D eigenvalue weighted by Crippen LogP contribution is -2.36. The molecule has 1 amide bonds. The second-order valence-electron chi connectivity index (χ2n) is 4.85. The Hall–Kier alpha value is -1.86. The number of hydrogen-bond donors (Lipinski definition) is 1. The third kappa shape index (κ3) is 3.25. The summed E-state index contributed by atoms with van der Waals surface area (Å²) in [5.74, 6) is -0.603. The van der Waals surface area contributed by atoms with Gasteiger partial charge in [-0.25, -0.2) is 4.39 Å². The van der Waals surface area contributed by atoms with Crippen LogP contribution in [0, 0.1) is 5.82 Å². The molecule has 1 aliphatic heterocycles. The van der Waals surface area contributed by atoms with Gasteiger partial charge in [0.1, 0.15) is 5.82 Å². The van der Waals surface area contributed by atoms with Crippen molar-refractivity contribution < 1.29 is 13.9 Å². The lowest BCUT2D eigenvalue weighted by molar-refractivity contribution is 0.0670. The molecule has 0 aliphatic carbocycles. The first-order valence-corrected chi connectivity index (χ1v) is 7.42. The predicted octanol–water partition coefficient (Wildman–Crippen LogP) is 2.33. The van der Waals surface area contributed by atoms with Crippen molar-refractivity contribution in [3.8, 4) is 0 Å². The van der Waals surface area contributed by atoms with E-state index < -0.39 is 0 Å². The van der Waals surface area contributed by atoms with Crippen LogP contribution in [0.15, 0.2) is 30.5 Å². The monoisotopic (exact) mass is 307 g/mol. The lowest BCUT2D eigenvalue weighted by Gasteiger charge is -2.24. The highest BCUT2D eigenvalue weighted by atomic mass is 32.1. The molecule has 2 atom stereocenters. The van der Waals surface area contributed by atoms with Crippen LogP contribution in [-0.2, 0) is 4.74 Å². The van der Waals surface area contributed by atoms with Crippen molar-refractivity contribution in [1.82, 2.24) is 14.1 Å². The number of rotatable bonds is 4. The van der Waals surface area contributed by atoms with Crippen molar-refractivity contribution in [3.63, 3.8) is 0 Å². The summed E-state index contributed by atoms with van der Waals surface area (Å²) in [4.78, 5) is 12.2. The topological polar surface area (TPSA) is 64.1 Å². The predicted molar refractivity (Wildman–Crippen MR) is 75.5 cm³/mol. The number of halogens is 1. The molecule has 2 heterocycles. The number of aromatic nitrogens is 2. The van der Waals surface area contributed by atoms with Gasteiger partial charge in [-0.15, -0.1) is 0 Å². The number of carbonyl (C=O) groups excluding carboxylic acids is 1. The van der Waals surface area contributed by atoms with E-state index in [1.54, 1.807) is 12.1 Å². The molecule has 1 aromatic heterocycles. The van der Waals surface area contributed by atoms with Crippen LogP contribution in [0.25, 0.3) is 0 Å². The smallest absolute Gasteiger partial charge is 0.273 e. The molecule has 1 aromatic carbocycles. The maximum atomic E-state index is 13.1. The number of hydrogen-bond acceptors (Lipinski definition) is 5. The SMILES string of the molecule is O=C(NC(c1ccc(F)cc1)C1CCCO1)c1cnsn1. The molecule has 3 rings (SSSR count). The molecule has 7 heteroatoms. The molecule has 1 fully saturated rings. The summed E-state index contributed by atoms with van der Waals surface area (Å²) in [6.45, 7) is 0.677. The minimum absolute atomic E-state index is 0.106. The molecule has 1 saturated heterocycles. The van der Waals surface area contributed by atoms with Gasteiger partial charge in [-0.2, -0.15) is 8.75 Å². The zero-order chi connectivity index (χ0) is 14.7. The summed E-state index contributed by atoms with van der Waals surface area (Å²) >= 11 is 0.983. The molecule has 110 valence electrons. The van der Waals surface area contributed by atoms with Crippen molar-refractivity contribution in [1.29, 1.82) is 0 Å². The van der Waals surface area contributed by atoms with Crippen LogP contribution < -0.4 is 5.32 Å². The molecule has 0 saturated carbocycles. The van der Waals surface area contributed by atoms with E-state index in [-0.39, 0.29) is 29.6 Å². The fraction of sp³-hybridized carbons (Fsp3) is 0.357. The summed E-state index contributed by atoms with van der Waals surface area (Å²) in [5, 5.41) is 2.91. The summed E-state index contributed by atoms with van der Waals surface area (Å²) in [6, 6.07) is 5.78. The summed E-state index contributed by atoms with van der Waals surface area (Å²) in [6.07, 6.45) is 3.14. The molecule has 21 heavy (non-hydrogen) atoms. The molecule has 1 aliphatic rings. The van der Waals surface area contributed by atoms with Gasteiger partial charge in [-0.3, -0.25) is 4.79 Å². The minimum atomic E-state index is -0.317. The van der Waals surface area contributed by atoms with Crippen molar-refractivity contribution in [2.45, 2.75) is 25.0 Å². The van der Waals surface area contributed by atoms with Gasteiger partial charge in [0.2, 0.25) is 0 Å². The molecule has 1 N–H and O–H groups in total. The second kappa shape index (κ2) is 6.28. The van der Waals surface area contributed by atoms with Gasteiger partial charge >= 0.3 is 0 Å². The van der Waals surface area contributed by atoms with Crippen molar-refractivity contribution in [3.05, 3.63) is 47.5 Å². The van der Waals surface area contributed by atoms with E-state index in [2.05, 4.69) is 14.1 Å². The Labute approximate surface area is 125 Å². The maximum Gasteiger partial charge on any atom is 0.273 e.